The van der Waals surface area contributed by atoms with Crippen molar-refractivity contribution in [3.63, 3.8) is 0 Å². The van der Waals surface area contributed by atoms with E-state index in [0.717, 1.165) is 36.2 Å². The molecule has 4 nitrogen and oxygen atoms in total. The predicted molar refractivity (Wildman–Crippen MR) is 107 cm³/mol. The lowest BCUT2D eigenvalue weighted by atomic mass is 9.87. The fourth-order valence-electron chi connectivity index (χ4n) is 2.81. The summed E-state index contributed by atoms with van der Waals surface area (Å²) in [7, 11) is 0. The first-order chi connectivity index (χ1) is 11.9. The second-order valence-corrected chi connectivity index (χ2v) is 9.17. The van der Waals surface area contributed by atoms with Gasteiger partial charge in [0.2, 0.25) is 5.91 Å². The monoisotopic (exact) mass is 375 g/mol. The van der Waals surface area contributed by atoms with E-state index in [-0.39, 0.29) is 11.3 Å². The Hall–Kier alpha value is -1.53. The summed E-state index contributed by atoms with van der Waals surface area (Å²) in [5.41, 5.74) is 1.48. The van der Waals surface area contributed by atoms with Crippen LogP contribution in [0.15, 0.2) is 40.7 Å². The molecule has 0 N–H and O–H groups in total. The molecule has 1 aromatic heterocycles. The number of thioether (sulfide) groups is 1. The number of hydrogen-bond donors (Lipinski definition) is 0. The summed E-state index contributed by atoms with van der Waals surface area (Å²) in [6, 6.07) is 8.58. The molecule has 0 aliphatic carbocycles. The Balaban J connectivity index is 1.47. The number of piperazine rings is 1. The van der Waals surface area contributed by atoms with Crippen LogP contribution in [0.2, 0.25) is 0 Å². The van der Waals surface area contributed by atoms with Crippen molar-refractivity contribution in [1.29, 1.82) is 0 Å². The molecule has 0 unspecified atom stereocenters. The van der Waals surface area contributed by atoms with Gasteiger partial charge in [0.25, 0.3) is 0 Å². The molecule has 1 aromatic carbocycles. The molecular weight excluding hydrogens is 350 g/mol. The number of nitrogens with zero attached hydrogens (tertiary/aromatic N) is 3. The van der Waals surface area contributed by atoms with Crippen molar-refractivity contribution < 1.29 is 4.79 Å². The first-order valence-corrected chi connectivity index (χ1v) is 10.5. The van der Waals surface area contributed by atoms with Crippen LogP contribution in [0.5, 0.6) is 0 Å². The number of hydrogen-bond acceptors (Lipinski definition) is 5. The highest BCUT2D eigenvalue weighted by atomic mass is 32.2. The minimum Gasteiger partial charge on any atom is -0.345 e. The van der Waals surface area contributed by atoms with Crippen LogP contribution >= 0.6 is 23.1 Å². The molecule has 0 atom stereocenters. The highest BCUT2D eigenvalue weighted by Gasteiger charge is 2.22. The van der Waals surface area contributed by atoms with Gasteiger partial charge in [-0.2, -0.15) is 0 Å². The molecule has 1 fully saturated rings. The van der Waals surface area contributed by atoms with Crippen LogP contribution in [0.25, 0.3) is 0 Å². The fourth-order valence-corrected chi connectivity index (χ4v) is 4.30. The lowest BCUT2D eigenvalue weighted by molar-refractivity contribution is -0.128. The molecule has 0 bridgehead atoms. The maximum absolute atomic E-state index is 12.5. The summed E-state index contributed by atoms with van der Waals surface area (Å²) >= 11 is 3.28. The van der Waals surface area contributed by atoms with Gasteiger partial charge in [0.05, 0.1) is 5.75 Å². The van der Waals surface area contributed by atoms with Gasteiger partial charge < -0.3 is 9.80 Å². The van der Waals surface area contributed by atoms with Gasteiger partial charge in [-0.15, -0.1) is 23.1 Å². The first-order valence-electron chi connectivity index (χ1n) is 8.59. The Bertz CT molecular complexity index is 684. The molecule has 1 amide bonds. The summed E-state index contributed by atoms with van der Waals surface area (Å²) in [6.07, 6.45) is 1.83. The number of aromatic nitrogens is 1. The SMILES string of the molecule is CC(C)(C)c1ccc(SCC(=O)N2CCN(c3nccs3)CC2)cc1. The molecule has 6 heteroatoms. The number of amides is 1. The molecule has 1 aliphatic heterocycles. The highest BCUT2D eigenvalue weighted by molar-refractivity contribution is 8.00. The van der Waals surface area contributed by atoms with Gasteiger partial charge in [0.15, 0.2) is 5.13 Å². The number of thiazole rings is 1. The quantitative estimate of drug-likeness (QED) is 0.760. The second-order valence-electron chi connectivity index (χ2n) is 7.25. The van der Waals surface area contributed by atoms with E-state index in [1.165, 1.54) is 5.56 Å². The van der Waals surface area contributed by atoms with Gasteiger partial charge in [-0.25, -0.2) is 4.98 Å². The van der Waals surface area contributed by atoms with E-state index in [9.17, 15) is 4.79 Å². The summed E-state index contributed by atoms with van der Waals surface area (Å²) < 4.78 is 0. The summed E-state index contributed by atoms with van der Waals surface area (Å²) in [5, 5.41) is 3.05. The zero-order valence-corrected chi connectivity index (χ0v) is 16.7. The van der Waals surface area contributed by atoms with E-state index in [0.29, 0.717) is 5.75 Å². The zero-order valence-electron chi connectivity index (χ0n) is 15.1. The minimum absolute atomic E-state index is 0.163. The van der Waals surface area contributed by atoms with Gasteiger partial charge in [-0.1, -0.05) is 32.9 Å². The number of rotatable bonds is 4. The van der Waals surface area contributed by atoms with E-state index in [1.54, 1.807) is 23.1 Å². The van der Waals surface area contributed by atoms with Crippen LogP contribution in [-0.2, 0) is 10.2 Å². The van der Waals surface area contributed by atoms with E-state index < -0.39 is 0 Å². The summed E-state index contributed by atoms with van der Waals surface area (Å²) in [6.45, 7) is 9.93. The third-order valence-electron chi connectivity index (χ3n) is 4.40. The molecule has 134 valence electrons. The molecule has 0 saturated carbocycles. The summed E-state index contributed by atoms with van der Waals surface area (Å²) in [4.78, 5) is 22.2. The van der Waals surface area contributed by atoms with Crippen LogP contribution in [0.4, 0.5) is 5.13 Å². The molecule has 1 aliphatic rings. The van der Waals surface area contributed by atoms with Crippen molar-refractivity contribution in [1.82, 2.24) is 9.88 Å². The number of carbonyl (C=O) groups excluding carboxylic acids is 1. The molecule has 2 heterocycles. The van der Waals surface area contributed by atoms with Crippen LogP contribution < -0.4 is 4.90 Å². The van der Waals surface area contributed by atoms with E-state index in [4.69, 9.17) is 0 Å². The van der Waals surface area contributed by atoms with Gasteiger partial charge in [0.1, 0.15) is 0 Å². The van der Waals surface area contributed by atoms with Crippen molar-refractivity contribution in [3.05, 3.63) is 41.4 Å². The third-order valence-corrected chi connectivity index (χ3v) is 6.23. The number of anilines is 1. The molecule has 25 heavy (non-hydrogen) atoms. The molecule has 0 spiro atoms. The standard InChI is InChI=1S/C19H25N3OS2/c1-19(2,3)15-4-6-16(7-5-15)25-14-17(23)21-9-11-22(12-10-21)18-20-8-13-24-18/h4-8,13H,9-12,14H2,1-3H3. The number of benzene rings is 1. The maximum atomic E-state index is 12.5. The predicted octanol–water partition coefficient (Wildman–Crippen LogP) is 3.88. The normalized spacial score (nSPS) is 15.5. The van der Waals surface area contributed by atoms with E-state index >= 15 is 0 Å². The van der Waals surface area contributed by atoms with Crippen molar-refractivity contribution in [2.75, 3.05) is 36.8 Å². The Morgan fingerprint density at radius 2 is 1.84 bits per heavy atom. The fraction of sp³-hybridized carbons (Fsp3) is 0.474. The Morgan fingerprint density at radius 1 is 1.16 bits per heavy atom. The average Bonchev–Trinajstić information content (AvgIpc) is 3.14. The van der Waals surface area contributed by atoms with Gasteiger partial charge >= 0.3 is 0 Å². The van der Waals surface area contributed by atoms with Gasteiger partial charge in [-0.05, 0) is 23.1 Å². The molecule has 3 rings (SSSR count). The smallest absolute Gasteiger partial charge is 0.233 e. The van der Waals surface area contributed by atoms with E-state index in [2.05, 4.69) is 54.9 Å². The molecule has 0 radical (unpaired) electrons. The van der Waals surface area contributed by atoms with E-state index in [1.807, 2.05) is 16.5 Å². The van der Waals surface area contributed by atoms with Crippen LogP contribution in [-0.4, -0.2) is 47.7 Å². The molecule has 2 aromatic rings. The lowest BCUT2D eigenvalue weighted by Gasteiger charge is -2.34. The zero-order chi connectivity index (χ0) is 17.9. The van der Waals surface area contributed by atoms with Crippen LogP contribution in [0.1, 0.15) is 26.3 Å². The minimum atomic E-state index is 0.163. The number of carbonyl (C=O) groups is 1. The molecular formula is C19H25N3OS2. The second kappa shape index (κ2) is 7.79. The summed E-state index contributed by atoms with van der Waals surface area (Å²) in [5.74, 6) is 0.732. The van der Waals surface area contributed by atoms with Crippen molar-refractivity contribution in [2.24, 2.45) is 0 Å². The maximum Gasteiger partial charge on any atom is 0.233 e. The molecule has 1 saturated heterocycles. The highest BCUT2D eigenvalue weighted by Crippen LogP contribution is 2.26. The van der Waals surface area contributed by atoms with Crippen molar-refractivity contribution >= 4 is 34.1 Å². The van der Waals surface area contributed by atoms with Crippen LogP contribution in [0.3, 0.4) is 0 Å². The largest absolute Gasteiger partial charge is 0.345 e. The third kappa shape index (κ3) is 4.76. The lowest BCUT2D eigenvalue weighted by Crippen LogP contribution is -2.49. The van der Waals surface area contributed by atoms with Crippen LogP contribution in [0, 0.1) is 0 Å². The van der Waals surface area contributed by atoms with Crippen molar-refractivity contribution in [3.8, 4) is 0 Å². The first kappa shape index (κ1) is 18.3. The Morgan fingerprint density at radius 3 is 2.40 bits per heavy atom. The van der Waals surface area contributed by atoms with Crippen molar-refractivity contribution in [2.45, 2.75) is 31.1 Å². The van der Waals surface area contributed by atoms with Gasteiger partial charge in [0, 0.05) is 42.7 Å². The van der Waals surface area contributed by atoms with Gasteiger partial charge in [-0.3, -0.25) is 4.79 Å². The Kier molecular flexibility index (Phi) is 5.69. The Labute approximate surface area is 158 Å². The average molecular weight is 376 g/mol. The topological polar surface area (TPSA) is 36.4 Å².